The maximum Gasteiger partial charge on any atom is 0.459 e. The highest BCUT2D eigenvalue weighted by Crippen LogP contribution is 2.45. The predicted octanol–water partition coefficient (Wildman–Crippen LogP) is 6.06. The molecule has 0 aliphatic rings. The van der Waals surface area contributed by atoms with E-state index in [-0.39, 0.29) is 50.6 Å². The van der Waals surface area contributed by atoms with Crippen molar-refractivity contribution in [2.24, 2.45) is 5.92 Å². The van der Waals surface area contributed by atoms with Crippen LogP contribution in [-0.2, 0) is 33.3 Å². The third-order valence-electron chi connectivity index (χ3n) is 7.77. The van der Waals surface area contributed by atoms with Gasteiger partial charge in [0.2, 0.25) is 5.82 Å². The fraction of sp³-hybridized carbons (Fsp3) is 0.455. The second kappa shape index (κ2) is 17.1. The Kier molecular flexibility index (Phi) is 13.0. The van der Waals surface area contributed by atoms with Crippen LogP contribution in [0.15, 0.2) is 48.5 Å². The first kappa shape index (κ1) is 39.3. The molecule has 0 fully saturated rings. The van der Waals surface area contributed by atoms with Crippen LogP contribution in [0.1, 0.15) is 74.0 Å². The molecule has 4 rings (SSSR count). The Labute approximate surface area is 294 Å². The summed E-state index contributed by atoms with van der Waals surface area (Å²) in [4.78, 5) is 44.3. The number of ether oxygens (including phenoxy) is 1. The van der Waals surface area contributed by atoms with Crippen molar-refractivity contribution < 1.29 is 46.2 Å². The normalized spacial score (nSPS) is 12.5. The molecule has 14 nitrogen and oxygen atoms in total. The lowest BCUT2D eigenvalue weighted by Gasteiger charge is -2.23. The number of aromatic amines is 1. The largest absolute Gasteiger partial charge is 0.463 e. The van der Waals surface area contributed by atoms with Crippen molar-refractivity contribution in [3.05, 3.63) is 81.4 Å². The van der Waals surface area contributed by atoms with E-state index in [1.807, 2.05) is 12.1 Å². The van der Waals surface area contributed by atoms with Crippen LogP contribution in [0.5, 0.6) is 0 Å². The molecule has 2 N–H and O–H groups in total. The van der Waals surface area contributed by atoms with E-state index in [1.54, 1.807) is 57.2 Å². The van der Waals surface area contributed by atoms with Gasteiger partial charge in [-0.15, -0.1) is 20.3 Å². The first-order chi connectivity index (χ1) is 24.6. The van der Waals surface area contributed by atoms with E-state index in [2.05, 4.69) is 35.8 Å². The Bertz CT molecular complexity index is 1810. The fourth-order valence-corrected chi connectivity index (χ4v) is 5.46. The second-order valence-corrected chi connectivity index (χ2v) is 12.3. The van der Waals surface area contributed by atoms with E-state index in [9.17, 15) is 32.9 Å². The Morgan fingerprint density at radius 3 is 2.35 bits per heavy atom. The van der Waals surface area contributed by atoms with Crippen LogP contribution < -0.4 is 5.32 Å². The third kappa shape index (κ3) is 9.85. The quantitative estimate of drug-likeness (QED) is 0.0401. The molecule has 0 saturated carbocycles. The number of aromatic nitrogens is 6. The number of rotatable bonds is 18. The van der Waals surface area contributed by atoms with Crippen LogP contribution in [-0.4, -0.2) is 72.6 Å². The fourth-order valence-electron chi connectivity index (χ4n) is 5.46. The van der Waals surface area contributed by atoms with Crippen molar-refractivity contribution in [1.82, 2.24) is 35.5 Å². The number of esters is 1. The van der Waals surface area contributed by atoms with Gasteiger partial charge >= 0.3 is 18.1 Å². The van der Waals surface area contributed by atoms with Crippen LogP contribution in [0.25, 0.3) is 22.5 Å². The first-order valence-corrected chi connectivity index (χ1v) is 16.3. The molecule has 1 amide bonds. The zero-order valence-electron chi connectivity index (χ0n) is 28.5. The molecule has 52 heavy (non-hydrogen) atoms. The van der Waals surface area contributed by atoms with E-state index in [0.717, 1.165) is 15.7 Å². The van der Waals surface area contributed by atoms with Gasteiger partial charge in [0, 0.05) is 24.9 Å². The molecule has 0 aliphatic carbocycles. The molecule has 2 aromatic carbocycles. The number of hydrogen-bond donors (Lipinski definition) is 2. The highest BCUT2D eigenvalue weighted by atomic mass is 19.4. The summed E-state index contributed by atoms with van der Waals surface area (Å²) in [5, 5.41) is 25.8. The van der Waals surface area contributed by atoms with Gasteiger partial charge in [0.1, 0.15) is 18.1 Å². The Morgan fingerprint density at radius 2 is 1.75 bits per heavy atom. The molecule has 1 atom stereocenters. The van der Waals surface area contributed by atoms with Crippen molar-refractivity contribution in [2.45, 2.75) is 77.6 Å². The Hall–Kier alpha value is -5.49. The number of amides is 1. The monoisotopic (exact) mass is 736 g/mol. The van der Waals surface area contributed by atoms with Crippen LogP contribution in [0.3, 0.4) is 0 Å². The van der Waals surface area contributed by atoms with Gasteiger partial charge in [0.15, 0.2) is 5.69 Å². The molecule has 0 spiro atoms. The summed E-state index contributed by atoms with van der Waals surface area (Å²) < 4.78 is 78.0. The minimum Gasteiger partial charge on any atom is -0.463 e. The van der Waals surface area contributed by atoms with Gasteiger partial charge < -0.3 is 19.5 Å². The van der Waals surface area contributed by atoms with Crippen LogP contribution in [0.4, 0.5) is 22.0 Å². The lowest BCUT2D eigenvalue weighted by Crippen LogP contribution is -2.43. The average molecular weight is 737 g/mol. The number of tetrazole rings is 1. The molecule has 19 heteroatoms. The lowest BCUT2D eigenvalue weighted by atomic mass is 9.98. The smallest absolute Gasteiger partial charge is 0.459 e. The topological polar surface area (TPSA) is 180 Å². The van der Waals surface area contributed by atoms with Crippen LogP contribution >= 0.6 is 0 Å². The number of hydrogen-bond acceptors (Lipinski definition) is 10. The van der Waals surface area contributed by atoms with Crippen molar-refractivity contribution >= 4 is 11.9 Å². The summed E-state index contributed by atoms with van der Waals surface area (Å²) in [6.07, 6.45) is -5.89. The first-order valence-electron chi connectivity index (χ1n) is 16.3. The van der Waals surface area contributed by atoms with Gasteiger partial charge in [-0.2, -0.15) is 27.2 Å². The summed E-state index contributed by atoms with van der Waals surface area (Å²) in [7, 11) is 0. The zero-order valence-corrected chi connectivity index (χ0v) is 28.5. The molecule has 0 saturated heterocycles. The third-order valence-corrected chi connectivity index (χ3v) is 7.77. The van der Waals surface area contributed by atoms with Crippen molar-refractivity contribution in [1.29, 1.82) is 0 Å². The summed E-state index contributed by atoms with van der Waals surface area (Å²) in [5.41, 5.74) is -0.0968. The molecule has 1 unspecified atom stereocenters. The van der Waals surface area contributed by atoms with Crippen molar-refractivity contribution in [3.8, 4) is 22.5 Å². The van der Waals surface area contributed by atoms with Gasteiger partial charge in [-0.3, -0.25) is 9.59 Å². The number of carbonyl (C=O) groups is 2. The molecule has 280 valence electrons. The van der Waals surface area contributed by atoms with Crippen molar-refractivity contribution in [3.63, 3.8) is 0 Å². The number of H-pyrrole nitrogens is 1. The SMILES string of the molecule is CCCc1nc(C(F)(F)C(F)(F)F)c(C(=O)NC(COC(=O)CCCO[N+](=O)[O-])CC(C)C)n1Cc1ccc(-c2ccccc2-c2nn[nH]n2)cc1. The summed E-state index contributed by atoms with van der Waals surface area (Å²) in [6, 6.07) is 13.0. The second-order valence-electron chi connectivity index (χ2n) is 12.3. The highest BCUT2D eigenvalue weighted by molar-refractivity contribution is 5.94. The van der Waals surface area contributed by atoms with Gasteiger partial charge in [0.25, 0.3) is 11.0 Å². The lowest BCUT2D eigenvalue weighted by molar-refractivity contribution is -0.757. The number of imidazole rings is 1. The summed E-state index contributed by atoms with van der Waals surface area (Å²) in [5.74, 6) is -7.45. The molecule has 4 aromatic rings. The maximum absolute atomic E-state index is 15.1. The van der Waals surface area contributed by atoms with Crippen LogP contribution in [0, 0.1) is 16.0 Å². The molecule has 0 radical (unpaired) electrons. The molecular weight excluding hydrogens is 699 g/mol. The Balaban J connectivity index is 1.67. The minimum atomic E-state index is -6.07. The number of alkyl halides is 5. The number of nitrogens with zero attached hydrogens (tertiary/aromatic N) is 6. The summed E-state index contributed by atoms with van der Waals surface area (Å²) >= 11 is 0. The maximum atomic E-state index is 15.1. The number of benzene rings is 2. The van der Waals surface area contributed by atoms with E-state index in [1.165, 1.54) is 0 Å². The molecule has 0 bridgehead atoms. The van der Waals surface area contributed by atoms with Gasteiger partial charge in [-0.05, 0) is 47.1 Å². The predicted molar refractivity (Wildman–Crippen MR) is 174 cm³/mol. The molecule has 2 heterocycles. The average Bonchev–Trinajstić information content (AvgIpc) is 3.75. The molecular formula is C33H37F5N8O6. The zero-order chi connectivity index (χ0) is 38.1. The standard InChI is InChI=1S/C33H37F5N8O6/c1-4-8-26-40-29(32(34,35)33(36,37)38)28(31(48)39-23(17-20(2)3)19-51-27(47)11-7-16-52-46(49)50)45(26)18-21-12-14-22(15-13-21)24-9-5-6-10-25(24)30-41-43-44-42-30/h5-6,9-10,12-15,20,23H,4,7-8,11,16-19H2,1-3H3,(H,39,48)(H,41,42,43,44). The number of carbonyl (C=O) groups excluding carboxylic acids is 2. The minimum absolute atomic E-state index is 0.0163. The summed E-state index contributed by atoms with van der Waals surface area (Å²) in [6.45, 7) is 4.16. The van der Waals surface area contributed by atoms with Crippen LogP contribution in [0.2, 0.25) is 0 Å². The molecule has 0 aliphatic heterocycles. The number of aryl methyl sites for hydroxylation is 1. The van der Waals surface area contributed by atoms with E-state index in [0.29, 0.717) is 23.4 Å². The van der Waals surface area contributed by atoms with E-state index < -0.39 is 53.1 Å². The highest BCUT2D eigenvalue weighted by Gasteiger charge is 2.62. The number of halogens is 5. The number of nitrogens with one attached hydrogen (secondary N) is 2. The van der Waals surface area contributed by atoms with Gasteiger partial charge in [-0.1, -0.05) is 69.3 Å². The Morgan fingerprint density at radius 1 is 1.06 bits per heavy atom. The molecule has 2 aromatic heterocycles. The van der Waals surface area contributed by atoms with E-state index in [4.69, 9.17) is 4.74 Å². The van der Waals surface area contributed by atoms with Gasteiger partial charge in [-0.25, -0.2) is 4.98 Å². The van der Waals surface area contributed by atoms with Gasteiger partial charge in [0.05, 0.1) is 12.6 Å². The van der Waals surface area contributed by atoms with Crippen molar-refractivity contribution in [2.75, 3.05) is 13.2 Å². The van der Waals surface area contributed by atoms with E-state index >= 15 is 8.78 Å².